The van der Waals surface area contributed by atoms with Gasteiger partial charge in [-0.05, 0) is 150 Å². The molecule has 0 saturated heterocycles. The van der Waals surface area contributed by atoms with E-state index in [1.807, 2.05) is 0 Å². The van der Waals surface area contributed by atoms with Gasteiger partial charge in [0, 0.05) is 16.6 Å². The predicted molar refractivity (Wildman–Crippen MR) is 413 cm³/mol. The van der Waals surface area contributed by atoms with Gasteiger partial charge in [0.05, 0.1) is 153 Å². The van der Waals surface area contributed by atoms with Crippen molar-refractivity contribution < 1.29 is 174 Å². The fourth-order valence-corrected chi connectivity index (χ4v) is 11.1. The van der Waals surface area contributed by atoms with Gasteiger partial charge < -0.3 is 39.8 Å². The standard InChI is InChI=1S/C20H12F6N4O3.C12H7F6N3O2.2C12H9F6N3.C8H3BrF6.C8H5NO4.C4H5N3O2.ClH/c1-10-14(27-18(31)13-8-17(33-29-13)16-3-2-6-32-16)9-30(28-10)15-5-4-11(19(21,22)23)7-12(15)20(24,25)26;1-6-10(21(22)23)5-20(19-6)9-3-2-7(11(13,14)15)4-8(9)12(16,17)18;2*1-6-9(19)5-21(20-6)10-3-2-7(11(13,14)15)4-8(10)12(16,17)18;9-6-2-1-4(7(10,11)12)3-5(6)8(13,14)15;10-8(11)5-4-7(13-9-5)6-2-1-3-12-6;1-3-4(7(8)9)2-5-6-3;/h2-9H,1H3,(H,27,31);2-5H,1H3;2*2-5H,19H2,1H3;1-3H;1-4H,(H,10,11);2H,1H3,(H,5,6);1H. The van der Waals surface area contributed by atoms with Crippen LogP contribution in [0.5, 0.6) is 0 Å². The number of rotatable bonds is 11. The molecule has 5 aromatic carbocycles. The zero-order valence-electron chi connectivity index (χ0n) is 67.3. The van der Waals surface area contributed by atoms with Gasteiger partial charge in [0.15, 0.2) is 22.9 Å². The number of anilines is 3. The predicted octanol–water partition coefficient (Wildman–Crippen LogP) is 24.6. The number of nitrogen functional groups attached to an aromatic ring is 2. The molecule has 0 aliphatic heterocycles. The summed E-state index contributed by atoms with van der Waals surface area (Å²) in [5.41, 5.74) is -5.23. The number of aromatic carboxylic acids is 1. The molecule has 0 aliphatic carbocycles. The molecule has 0 atom stereocenters. The van der Waals surface area contributed by atoms with Crippen molar-refractivity contribution in [2.75, 3.05) is 16.8 Å². The van der Waals surface area contributed by atoms with Crippen LogP contribution in [0.1, 0.15) is 105 Å². The van der Waals surface area contributed by atoms with Crippen molar-refractivity contribution in [2.24, 2.45) is 0 Å². The van der Waals surface area contributed by atoms with E-state index in [1.54, 1.807) is 31.2 Å². The molecule has 0 radical (unpaired) electrons. The first-order chi connectivity index (χ1) is 61.9. The lowest BCUT2D eigenvalue weighted by Gasteiger charge is -2.15. The third-order valence-corrected chi connectivity index (χ3v) is 17.9. The number of hydrogen-bond acceptors (Lipinski definition) is 19. The Hall–Kier alpha value is -14.9. The summed E-state index contributed by atoms with van der Waals surface area (Å²) in [7, 11) is 0. The molecular weight excluding hydrogens is 2010 g/mol. The number of carboxylic acids is 1. The maximum atomic E-state index is 13.5. The second kappa shape index (κ2) is 41.3. The van der Waals surface area contributed by atoms with Crippen molar-refractivity contribution in [2.45, 2.75) is 96.4 Å². The zero-order chi connectivity index (χ0) is 102. The number of aryl methyl sites for hydroxylation is 5. The minimum atomic E-state index is -5.09. The second-order valence-corrected chi connectivity index (χ2v) is 27.6. The van der Waals surface area contributed by atoms with E-state index in [0.29, 0.717) is 76.3 Å². The molecule has 0 saturated carbocycles. The number of H-pyrrole nitrogens is 1. The van der Waals surface area contributed by atoms with Crippen molar-refractivity contribution in [1.82, 2.24) is 59.6 Å². The van der Waals surface area contributed by atoms with Crippen molar-refractivity contribution in [3.8, 4) is 45.8 Å². The largest absolute Gasteiger partial charge is 0.476 e. The van der Waals surface area contributed by atoms with Crippen LogP contribution in [0.4, 0.5) is 160 Å². The number of halogens is 32. The van der Waals surface area contributed by atoms with Crippen LogP contribution in [0.25, 0.3) is 45.8 Å². The molecule has 0 spiro atoms. The van der Waals surface area contributed by atoms with E-state index in [2.05, 4.69) is 62.2 Å². The Kier molecular flexibility index (Phi) is 32.9. The molecule has 0 bridgehead atoms. The summed E-state index contributed by atoms with van der Waals surface area (Å²) >= 11 is 2.55. The summed E-state index contributed by atoms with van der Waals surface area (Å²) < 4.78 is 404. The number of nitrogens with two attached hydrogens (primary N) is 2. The third-order valence-electron chi connectivity index (χ3n) is 17.2. The Bertz CT molecular complexity index is 6370. The maximum absolute atomic E-state index is 13.5. The number of furan rings is 2. The number of benzene rings is 5. The smallest absolute Gasteiger partial charge is 0.418 e. The van der Waals surface area contributed by atoms with Crippen LogP contribution in [0.3, 0.4) is 0 Å². The van der Waals surface area contributed by atoms with Crippen molar-refractivity contribution in [3.63, 3.8) is 0 Å². The van der Waals surface area contributed by atoms with Crippen LogP contribution in [0, 0.1) is 54.8 Å². The van der Waals surface area contributed by atoms with Gasteiger partial charge in [0.25, 0.3) is 5.91 Å². The van der Waals surface area contributed by atoms with Crippen molar-refractivity contribution >= 4 is 68.7 Å². The minimum Gasteiger partial charge on any atom is -0.476 e. The third kappa shape index (κ3) is 27.9. The number of nitro groups is 2. The highest BCUT2D eigenvalue weighted by atomic mass is 79.9. The SMILES string of the molecule is Cc1[nH]ncc1[N+](=O)[O-].Cc1nn(-c2ccc(C(F)(F)F)cc2C(F)(F)F)cc1N.Cc1nn(-c2ccc(C(F)(F)F)cc2C(F)(F)F)cc1N.Cc1nn(-c2ccc(C(F)(F)F)cc2C(F)(F)F)cc1NC(=O)c1cc(-c2ccco2)on1.Cc1nn(-c2ccc(C(F)(F)F)cc2C(F)(F)F)cc1[N+](=O)[O-].Cl.FC(F)(F)c1ccc(Br)c(C(F)(F)F)c1.O=C(O)c1cc(-c2ccco2)on1. The Morgan fingerprint density at radius 1 is 0.404 bits per heavy atom. The summed E-state index contributed by atoms with van der Waals surface area (Å²) in [5, 5.41) is 59.6. The van der Waals surface area contributed by atoms with E-state index in [9.17, 15) is 162 Å². The van der Waals surface area contributed by atoms with E-state index in [1.165, 1.54) is 58.6 Å². The summed E-state index contributed by atoms with van der Waals surface area (Å²) in [6, 6.07) is 15.4. The Morgan fingerprint density at radius 2 is 0.713 bits per heavy atom. The van der Waals surface area contributed by atoms with Crippen LogP contribution < -0.4 is 16.8 Å². The molecule has 9 aromatic heterocycles. The molecule has 1 amide bonds. The second-order valence-electron chi connectivity index (χ2n) is 26.7. The minimum absolute atomic E-state index is 0. The monoisotopic (exact) mass is 2060 g/mol. The normalized spacial score (nSPS) is 12.0. The number of amides is 1. The molecule has 60 heteroatoms. The molecule has 0 fully saturated rings. The number of nitrogens with one attached hydrogen (secondary N) is 2. The van der Waals surface area contributed by atoms with Crippen molar-refractivity contribution in [1.29, 1.82) is 0 Å². The van der Waals surface area contributed by atoms with Crippen molar-refractivity contribution in [3.05, 3.63) is 291 Å². The van der Waals surface area contributed by atoms with E-state index in [-0.39, 0.29) is 105 Å². The lowest BCUT2D eigenvalue weighted by atomic mass is 10.1. The first-order valence-corrected chi connectivity index (χ1v) is 36.4. The summed E-state index contributed by atoms with van der Waals surface area (Å²) in [4.78, 5) is 42.3. The van der Waals surface area contributed by atoms with Gasteiger partial charge in [-0.15, -0.1) is 12.4 Å². The molecule has 0 unspecified atom stereocenters. The summed E-state index contributed by atoms with van der Waals surface area (Å²) in [6.07, 6.45) is -41.2. The summed E-state index contributed by atoms with van der Waals surface area (Å²) in [6.45, 7) is 7.16. The fraction of sp³-hybridized carbons (Fsp3) is 0.197. The Morgan fingerprint density at radius 3 is 0.985 bits per heavy atom. The zero-order valence-corrected chi connectivity index (χ0v) is 69.7. The number of hydrogen-bond donors (Lipinski definition) is 5. The number of aromatic amines is 1. The molecule has 136 heavy (non-hydrogen) atoms. The first-order valence-electron chi connectivity index (χ1n) is 35.6. The maximum Gasteiger partial charge on any atom is 0.418 e. The highest BCUT2D eigenvalue weighted by Crippen LogP contribution is 2.46. The van der Waals surface area contributed by atoms with Gasteiger partial charge >= 0.3 is 79.1 Å². The Labute approximate surface area is 749 Å². The molecule has 730 valence electrons. The molecule has 7 N–H and O–H groups in total. The lowest BCUT2D eigenvalue weighted by Crippen LogP contribution is -2.15. The number of carboxylic acid groups (broad SMARTS) is 1. The Balaban J connectivity index is 0.000000222. The average Bonchev–Trinajstić information content (AvgIpc) is 1.61. The average molecular weight is 2060 g/mol. The fourth-order valence-electron chi connectivity index (χ4n) is 10.7. The van der Waals surface area contributed by atoms with Gasteiger partial charge in [-0.1, -0.05) is 26.2 Å². The first kappa shape index (κ1) is 108. The number of alkyl halides is 30. The molecular formula is C76H51BrClF30N17O11. The number of nitrogens with zero attached hydrogens (tertiary/aromatic N) is 13. The quantitative estimate of drug-likeness (QED) is 0.0456. The topological polar surface area (TPSA) is 383 Å². The van der Waals surface area contributed by atoms with Crippen LogP contribution in [0.2, 0.25) is 0 Å². The highest BCUT2D eigenvalue weighted by Gasteiger charge is 2.45. The molecule has 0 aliphatic rings. The lowest BCUT2D eigenvalue weighted by molar-refractivity contribution is -0.385. The molecule has 9 heterocycles. The number of carbonyl (C=O) groups is 2. The van der Waals surface area contributed by atoms with Crippen LogP contribution in [-0.4, -0.2) is 86.5 Å². The van der Waals surface area contributed by atoms with E-state index in [0.717, 1.165) is 50.8 Å². The van der Waals surface area contributed by atoms with Gasteiger partial charge in [-0.3, -0.25) is 30.1 Å². The molecule has 28 nitrogen and oxygen atoms in total. The molecule has 14 aromatic rings. The highest BCUT2D eigenvalue weighted by molar-refractivity contribution is 9.10. The number of aromatic nitrogens is 12. The van der Waals surface area contributed by atoms with Gasteiger partial charge in [0.1, 0.15) is 23.8 Å². The van der Waals surface area contributed by atoms with Gasteiger partial charge in [-0.25, -0.2) is 23.5 Å². The van der Waals surface area contributed by atoms with Gasteiger partial charge in [0.2, 0.25) is 11.5 Å². The van der Waals surface area contributed by atoms with E-state index >= 15 is 0 Å². The van der Waals surface area contributed by atoms with Gasteiger partial charge in [-0.2, -0.15) is 157 Å². The van der Waals surface area contributed by atoms with Crippen LogP contribution >= 0.6 is 28.3 Å². The van der Waals surface area contributed by atoms with E-state index < -0.39 is 172 Å². The summed E-state index contributed by atoms with van der Waals surface area (Å²) in [5.74, 6) is -0.601. The molecule has 14 rings (SSSR count). The van der Waals surface area contributed by atoms with Crippen LogP contribution in [-0.2, 0) is 61.8 Å². The van der Waals surface area contributed by atoms with Crippen LogP contribution in [0.15, 0.2) is 193 Å². The number of carbonyl (C=O) groups excluding carboxylic acids is 1. The van der Waals surface area contributed by atoms with E-state index in [4.69, 9.17) is 34.5 Å².